The summed E-state index contributed by atoms with van der Waals surface area (Å²) in [7, 11) is 0. The Kier molecular flexibility index (Phi) is 1.81. The van der Waals surface area contributed by atoms with Gasteiger partial charge in [0.15, 0.2) is 0 Å². The number of H-pyrrole nitrogens is 1. The summed E-state index contributed by atoms with van der Waals surface area (Å²) >= 11 is 0. The van der Waals surface area contributed by atoms with Crippen LogP contribution in [0.3, 0.4) is 0 Å². The van der Waals surface area contributed by atoms with E-state index in [1.165, 1.54) is 16.9 Å². The number of aromatic nitrogens is 7. The average Bonchev–Trinajstić information content (AvgIpc) is 2.96. The second-order valence-electron chi connectivity index (χ2n) is 3.15. The van der Waals surface area contributed by atoms with Crippen molar-refractivity contribution < 1.29 is 4.92 Å². The van der Waals surface area contributed by atoms with E-state index in [9.17, 15) is 10.1 Å². The minimum absolute atomic E-state index is 0.126. The van der Waals surface area contributed by atoms with Crippen molar-refractivity contribution >= 4 is 11.5 Å². The zero-order valence-corrected chi connectivity index (χ0v) is 8.18. The summed E-state index contributed by atoms with van der Waals surface area (Å²) in [6, 6.07) is 0. The Morgan fingerprint density at radius 1 is 1.41 bits per heavy atom. The van der Waals surface area contributed by atoms with E-state index in [0.29, 0.717) is 11.3 Å². The molecule has 3 aromatic heterocycles. The lowest BCUT2D eigenvalue weighted by Crippen LogP contribution is -1.94. The number of nitrogens with one attached hydrogen (secondary N) is 1. The van der Waals surface area contributed by atoms with Crippen LogP contribution in [0.1, 0.15) is 0 Å². The van der Waals surface area contributed by atoms with Crippen LogP contribution in [-0.4, -0.2) is 40.1 Å². The number of nitrogens with zero attached hydrogens (tertiary/aromatic N) is 7. The normalized spacial score (nSPS) is 10.8. The van der Waals surface area contributed by atoms with Gasteiger partial charge in [-0.25, -0.2) is 4.98 Å². The van der Waals surface area contributed by atoms with Gasteiger partial charge in [0, 0.05) is 18.0 Å². The third-order valence-electron chi connectivity index (χ3n) is 2.16. The third kappa shape index (κ3) is 1.39. The van der Waals surface area contributed by atoms with E-state index in [-0.39, 0.29) is 11.4 Å². The molecule has 3 rings (SSSR count). The lowest BCUT2D eigenvalue weighted by atomic mass is 10.2. The van der Waals surface area contributed by atoms with Crippen molar-refractivity contribution in [2.24, 2.45) is 0 Å². The highest BCUT2D eigenvalue weighted by atomic mass is 16.6. The Morgan fingerprint density at radius 3 is 3.12 bits per heavy atom. The second kappa shape index (κ2) is 3.30. The summed E-state index contributed by atoms with van der Waals surface area (Å²) in [5.41, 5.74) is 0.619. The predicted molar refractivity (Wildman–Crippen MR) is 52.8 cm³/mol. The standard InChI is InChI=1S/C7H4N8O2/c16-15(17)5-2-9-10-6(5)4-1-8-7-11-12-13-14(7)3-4/h1-3H,(H,9,10). The molecule has 0 atom stereocenters. The van der Waals surface area contributed by atoms with Gasteiger partial charge in [0.05, 0.1) is 4.92 Å². The first-order valence-electron chi connectivity index (χ1n) is 4.47. The fourth-order valence-electron chi connectivity index (χ4n) is 1.41. The first kappa shape index (κ1) is 9.33. The van der Waals surface area contributed by atoms with Crippen molar-refractivity contribution in [3.8, 4) is 11.3 Å². The average molecular weight is 232 g/mol. The third-order valence-corrected chi connectivity index (χ3v) is 2.16. The summed E-state index contributed by atoms with van der Waals surface area (Å²) in [6.07, 6.45) is 4.11. The smallest absolute Gasteiger partial charge is 0.271 e. The molecule has 0 aliphatic carbocycles. The molecule has 0 amide bonds. The van der Waals surface area contributed by atoms with Crippen molar-refractivity contribution in [2.75, 3.05) is 0 Å². The predicted octanol–water partition coefficient (Wildman–Crippen LogP) is -0.182. The summed E-state index contributed by atoms with van der Waals surface area (Å²) in [6.45, 7) is 0. The molecule has 0 aromatic carbocycles. The highest BCUT2D eigenvalue weighted by Gasteiger charge is 2.18. The van der Waals surface area contributed by atoms with Crippen LogP contribution in [0.2, 0.25) is 0 Å². The Bertz CT molecular complexity index is 701. The molecule has 3 aromatic rings. The maximum absolute atomic E-state index is 10.7. The molecule has 84 valence electrons. The zero-order chi connectivity index (χ0) is 11.8. The van der Waals surface area contributed by atoms with Gasteiger partial charge in [0.1, 0.15) is 11.9 Å². The fourth-order valence-corrected chi connectivity index (χ4v) is 1.41. The maximum Gasteiger partial charge on any atom is 0.314 e. The fraction of sp³-hybridized carbons (Fsp3) is 0. The van der Waals surface area contributed by atoms with Gasteiger partial charge in [0.25, 0.3) is 5.78 Å². The SMILES string of the molecule is O=[N+]([O-])c1cn[nH]c1-c1cnc2nnnn2c1. The minimum atomic E-state index is -0.525. The Morgan fingerprint density at radius 2 is 2.29 bits per heavy atom. The van der Waals surface area contributed by atoms with E-state index in [2.05, 4.69) is 30.7 Å². The molecule has 0 radical (unpaired) electrons. The lowest BCUT2D eigenvalue weighted by Gasteiger charge is -1.96. The second-order valence-corrected chi connectivity index (χ2v) is 3.15. The van der Waals surface area contributed by atoms with Crippen molar-refractivity contribution in [3.05, 3.63) is 28.7 Å². The van der Waals surface area contributed by atoms with Crippen molar-refractivity contribution in [2.45, 2.75) is 0 Å². The van der Waals surface area contributed by atoms with E-state index >= 15 is 0 Å². The van der Waals surface area contributed by atoms with Gasteiger partial charge in [-0.1, -0.05) is 5.10 Å². The van der Waals surface area contributed by atoms with Crippen LogP contribution in [0, 0.1) is 10.1 Å². The van der Waals surface area contributed by atoms with E-state index in [1.54, 1.807) is 0 Å². The highest BCUT2D eigenvalue weighted by molar-refractivity contribution is 5.67. The first-order chi connectivity index (χ1) is 8.25. The van der Waals surface area contributed by atoms with Crippen molar-refractivity contribution in [1.82, 2.24) is 35.2 Å². The van der Waals surface area contributed by atoms with Gasteiger partial charge in [-0.3, -0.25) is 15.2 Å². The molecule has 0 spiro atoms. The molecule has 0 unspecified atom stereocenters. The largest absolute Gasteiger partial charge is 0.314 e. The van der Waals surface area contributed by atoms with Crippen LogP contribution < -0.4 is 0 Å². The topological polar surface area (TPSA) is 128 Å². The van der Waals surface area contributed by atoms with Gasteiger partial charge in [-0.05, 0) is 10.4 Å². The monoisotopic (exact) mass is 232 g/mol. The molecule has 0 fully saturated rings. The summed E-state index contributed by atoms with van der Waals surface area (Å²) in [5.74, 6) is 0.316. The molecule has 0 saturated heterocycles. The van der Waals surface area contributed by atoms with E-state index < -0.39 is 4.92 Å². The molecule has 0 saturated carbocycles. The number of hydrogen-bond donors (Lipinski definition) is 1. The number of rotatable bonds is 2. The zero-order valence-electron chi connectivity index (χ0n) is 8.18. The number of fused-ring (bicyclic) bond motifs is 1. The number of hydrogen-bond acceptors (Lipinski definition) is 7. The van der Waals surface area contributed by atoms with Crippen LogP contribution in [-0.2, 0) is 0 Å². The molecule has 3 heterocycles. The molecule has 0 bridgehead atoms. The van der Waals surface area contributed by atoms with Gasteiger partial charge in [0.2, 0.25) is 0 Å². The molecule has 1 N–H and O–H groups in total. The Balaban J connectivity index is 2.19. The quantitative estimate of drug-likeness (QED) is 0.479. The van der Waals surface area contributed by atoms with Crippen LogP contribution in [0.4, 0.5) is 5.69 Å². The van der Waals surface area contributed by atoms with Crippen molar-refractivity contribution in [1.29, 1.82) is 0 Å². The Labute approximate surface area is 92.4 Å². The van der Waals surface area contributed by atoms with Crippen LogP contribution in [0.15, 0.2) is 18.6 Å². The molecular formula is C7H4N8O2. The van der Waals surface area contributed by atoms with Gasteiger partial charge < -0.3 is 0 Å². The molecule has 0 aliphatic heterocycles. The number of tetrazole rings is 1. The molecule has 10 nitrogen and oxygen atoms in total. The van der Waals surface area contributed by atoms with E-state index in [1.807, 2.05) is 0 Å². The van der Waals surface area contributed by atoms with Gasteiger partial charge in [-0.2, -0.15) is 9.61 Å². The lowest BCUT2D eigenvalue weighted by molar-refractivity contribution is -0.384. The first-order valence-corrected chi connectivity index (χ1v) is 4.47. The highest BCUT2D eigenvalue weighted by Crippen LogP contribution is 2.25. The van der Waals surface area contributed by atoms with Crippen molar-refractivity contribution in [3.63, 3.8) is 0 Å². The Hall–Kier alpha value is -2.91. The molecular weight excluding hydrogens is 228 g/mol. The summed E-state index contributed by atoms with van der Waals surface area (Å²) in [5, 5.41) is 27.6. The van der Waals surface area contributed by atoms with Crippen LogP contribution in [0.5, 0.6) is 0 Å². The molecule has 17 heavy (non-hydrogen) atoms. The van der Waals surface area contributed by atoms with E-state index in [4.69, 9.17) is 0 Å². The van der Waals surface area contributed by atoms with Crippen LogP contribution >= 0.6 is 0 Å². The van der Waals surface area contributed by atoms with E-state index in [0.717, 1.165) is 6.20 Å². The summed E-state index contributed by atoms with van der Waals surface area (Å²) < 4.78 is 1.32. The van der Waals surface area contributed by atoms with Gasteiger partial charge >= 0.3 is 5.69 Å². The van der Waals surface area contributed by atoms with Crippen LogP contribution in [0.25, 0.3) is 17.0 Å². The minimum Gasteiger partial charge on any atom is -0.271 e. The maximum atomic E-state index is 10.7. The number of nitro groups is 1. The molecule has 10 heteroatoms. The molecule has 0 aliphatic rings. The summed E-state index contributed by atoms with van der Waals surface area (Å²) in [4.78, 5) is 14.2. The van der Waals surface area contributed by atoms with Gasteiger partial charge in [-0.15, -0.1) is 0 Å². The number of aromatic amines is 1.